The van der Waals surface area contributed by atoms with E-state index in [-0.39, 0.29) is 0 Å². The van der Waals surface area contributed by atoms with E-state index in [1.807, 2.05) is 30.3 Å². The molecule has 1 heterocycles. The second-order valence-corrected chi connectivity index (χ2v) is 5.65. The van der Waals surface area contributed by atoms with Crippen molar-refractivity contribution >= 4 is 17.6 Å². The quantitative estimate of drug-likeness (QED) is 0.823. The van der Waals surface area contributed by atoms with Crippen molar-refractivity contribution in [3.63, 3.8) is 0 Å². The molecule has 1 atom stereocenters. The van der Waals surface area contributed by atoms with Crippen LogP contribution in [0, 0.1) is 0 Å². The highest BCUT2D eigenvalue weighted by atomic mass is 32.2. The number of nitrogen functional groups attached to an aromatic ring is 1. The van der Waals surface area contributed by atoms with Gasteiger partial charge in [-0.3, -0.25) is 0 Å². The summed E-state index contributed by atoms with van der Waals surface area (Å²) in [5.41, 5.74) is 7.55. The molecule has 19 heavy (non-hydrogen) atoms. The van der Waals surface area contributed by atoms with E-state index in [1.165, 1.54) is 4.90 Å². The number of aliphatic hydroxyl groups excluding tert-OH is 1. The molecule has 1 unspecified atom stereocenters. The summed E-state index contributed by atoms with van der Waals surface area (Å²) < 4.78 is 0. The summed E-state index contributed by atoms with van der Waals surface area (Å²) >= 11 is 1.80. The van der Waals surface area contributed by atoms with Crippen LogP contribution in [-0.4, -0.2) is 15.8 Å². The number of benzene rings is 1. The first-order chi connectivity index (χ1) is 9.19. The summed E-state index contributed by atoms with van der Waals surface area (Å²) in [6.45, 7) is 2.13. The van der Waals surface area contributed by atoms with Crippen LogP contribution in [0.3, 0.4) is 0 Å². The standard InChI is InChI=1S/C15H18N2OS/c1-2-19-13-5-3-12(4-6-13)14(18)9-11-7-8-17-15(16)10-11/h3-8,10,14,18H,2,9H2,1H3,(H2,16,17). The van der Waals surface area contributed by atoms with Crippen molar-refractivity contribution in [3.8, 4) is 0 Å². The molecule has 0 aliphatic heterocycles. The number of hydrogen-bond acceptors (Lipinski definition) is 4. The molecular formula is C15H18N2OS. The van der Waals surface area contributed by atoms with E-state index in [2.05, 4.69) is 11.9 Å². The van der Waals surface area contributed by atoms with Gasteiger partial charge in [-0.25, -0.2) is 4.98 Å². The van der Waals surface area contributed by atoms with E-state index >= 15 is 0 Å². The van der Waals surface area contributed by atoms with Crippen LogP contribution in [0.2, 0.25) is 0 Å². The van der Waals surface area contributed by atoms with Gasteiger partial charge < -0.3 is 10.8 Å². The Bertz CT molecular complexity index is 528. The Balaban J connectivity index is 2.05. The first kappa shape index (κ1) is 13.9. The third-order valence-electron chi connectivity index (χ3n) is 2.85. The minimum absolute atomic E-state index is 0.486. The van der Waals surface area contributed by atoms with Gasteiger partial charge in [0.15, 0.2) is 0 Å². The fourth-order valence-electron chi connectivity index (χ4n) is 1.92. The van der Waals surface area contributed by atoms with Crippen molar-refractivity contribution in [3.05, 3.63) is 53.7 Å². The van der Waals surface area contributed by atoms with Gasteiger partial charge in [-0.15, -0.1) is 11.8 Å². The lowest BCUT2D eigenvalue weighted by Gasteiger charge is -2.12. The van der Waals surface area contributed by atoms with E-state index in [4.69, 9.17) is 5.73 Å². The second-order valence-electron chi connectivity index (χ2n) is 4.31. The van der Waals surface area contributed by atoms with Gasteiger partial charge in [0, 0.05) is 17.5 Å². The van der Waals surface area contributed by atoms with Crippen LogP contribution in [0.5, 0.6) is 0 Å². The number of anilines is 1. The average Bonchev–Trinajstić information content (AvgIpc) is 2.40. The second kappa shape index (κ2) is 6.59. The molecule has 0 fully saturated rings. The van der Waals surface area contributed by atoms with Gasteiger partial charge in [-0.1, -0.05) is 19.1 Å². The molecule has 0 bridgehead atoms. The van der Waals surface area contributed by atoms with E-state index in [0.29, 0.717) is 12.2 Å². The maximum atomic E-state index is 10.2. The van der Waals surface area contributed by atoms with E-state index in [9.17, 15) is 5.11 Å². The van der Waals surface area contributed by atoms with Crippen molar-refractivity contribution in [2.75, 3.05) is 11.5 Å². The van der Waals surface area contributed by atoms with E-state index in [0.717, 1.165) is 16.9 Å². The van der Waals surface area contributed by atoms with Gasteiger partial charge >= 0.3 is 0 Å². The van der Waals surface area contributed by atoms with Crippen LogP contribution >= 0.6 is 11.8 Å². The fourth-order valence-corrected chi connectivity index (χ4v) is 2.58. The molecule has 4 heteroatoms. The Morgan fingerprint density at radius 1 is 1.26 bits per heavy atom. The lowest BCUT2D eigenvalue weighted by molar-refractivity contribution is 0.178. The highest BCUT2D eigenvalue weighted by Gasteiger charge is 2.09. The zero-order valence-corrected chi connectivity index (χ0v) is 11.7. The van der Waals surface area contributed by atoms with Crippen molar-refractivity contribution in [2.45, 2.75) is 24.3 Å². The van der Waals surface area contributed by atoms with Crippen molar-refractivity contribution < 1.29 is 5.11 Å². The Morgan fingerprint density at radius 2 is 2.00 bits per heavy atom. The number of aromatic nitrogens is 1. The Morgan fingerprint density at radius 3 is 2.63 bits per heavy atom. The first-order valence-corrected chi connectivity index (χ1v) is 7.29. The molecule has 1 aromatic heterocycles. The number of nitrogens with zero attached hydrogens (tertiary/aromatic N) is 1. The predicted octanol–water partition coefficient (Wildman–Crippen LogP) is 3.05. The number of nitrogens with two attached hydrogens (primary N) is 1. The number of hydrogen-bond donors (Lipinski definition) is 2. The smallest absolute Gasteiger partial charge is 0.123 e. The maximum absolute atomic E-state index is 10.2. The summed E-state index contributed by atoms with van der Waals surface area (Å²) in [4.78, 5) is 5.17. The summed E-state index contributed by atoms with van der Waals surface area (Å²) in [6.07, 6.45) is 1.70. The third-order valence-corrected chi connectivity index (χ3v) is 3.74. The molecule has 2 rings (SSSR count). The predicted molar refractivity (Wildman–Crippen MR) is 80.2 cm³/mol. The zero-order chi connectivity index (χ0) is 13.7. The normalized spacial score (nSPS) is 12.3. The van der Waals surface area contributed by atoms with Gasteiger partial charge in [0.2, 0.25) is 0 Å². The molecule has 3 N–H and O–H groups in total. The topological polar surface area (TPSA) is 59.1 Å². The number of aliphatic hydroxyl groups is 1. The largest absolute Gasteiger partial charge is 0.388 e. The molecule has 100 valence electrons. The van der Waals surface area contributed by atoms with Crippen LogP contribution in [-0.2, 0) is 6.42 Å². The maximum Gasteiger partial charge on any atom is 0.123 e. The van der Waals surface area contributed by atoms with Crippen LogP contribution in [0.1, 0.15) is 24.2 Å². The first-order valence-electron chi connectivity index (χ1n) is 6.30. The average molecular weight is 274 g/mol. The molecule has 0 radical (unpaired) electrons. The number of pyridine rings is 1. The van der Waals surface area contributed by atoms with E-state index < -0.39 is 6.10 Å². The summed E-state index contributed by atoms with van der Waals surface area (Å²) in [5, 5.41) is 10.2. The van der Waals surface area contributed by atoms with E-state index in [1.54, 1.807) is 24.0 Å². The molecule has 3 nitrogen and oxygen atoms in total. The van der Waals surface area contributed by atoms with Gasteiger partial charge in [0.1, 0.15) is 5.82 Å². The highest BCUT2D eigenvalue weighted by Crippen LogP contribution is 2.23. The molecule has 0 saturated heterocycles. The van der Waals surface area contributed by atoms with Crippen molar-refractivity contribution in [1.82, 2.24) is 4.98 Å². The monoisotopic (exact) mass is 274 g/mol. The number of thioether (sulfide) groups is 1. The highest BCUT2D eigenvalue weighted by molar-refractivity contribution is 7.99. The summed E-state index contributed by atoms with van der Waals surface area (Å²) in [6, 6.07) is 11.7. The molecule has 1 aromatic carbocycles. The van der Waals surface area contributed by atoms with Crippen LogP contribution in [0.15, 0.2) is 47.5 Å². The van der Waals surface area contributed by atoms with Crippen LogP contribution in [0.25, 0.3) is 0 Å². The van der Waals surface area contributed by atoms with Gasteiger partial charge in [-0.2, -0.15) is 0 Å². The van der Waals surface area contributed by atoms with Crippen molar-refractivity contribution in [1.29, 1.82) is 0 Å². The minimum atomic E-state index is -0.512. The Hall–Kier alpha value is -1.52. The number of rotatable bonds is 5. The van der Waals surface area contributed by atoms with Gasteiger partial charge in [-0.05, 0) is 41.1 Å². The third kappa shape index (κ3) is 3.98. The molecule has 0 saturated carbocycles. The summed E-state index contributed by atoms with van der Waals surface area (Å²) in [7, 11) is 0. The zero-order valence-electron chi connectivity index (χ0n) is 10.9. The molecule has 0 spiro atoms. The minimum Gasteiger partial charge on any atom is -0.388 e. The molecular weight excluding hydrogens is 256 g/mol. The lowest BCUT2D eigenvalue weighted by atomic mass is 10.0. The summed E-state index contributed by atoms with van der Waals surface area (Å²) in [5.74, 6) is 1.54. The lowest BCUT2D eigenvalue weighted by Crippen LogP contribution is -2.02. The molecule has 0 aliphatic carbocycles. The van der Waals surface area contributed by atoms with Gasteiger partial charge in [0.05, 0.1) is 6.10 Å². The van der Waals surface area contributed by atoms with Crippen molar-refractivity contribution in [2.24, 2.45) is 0 Å². The van der Waals surface area contributed by atoms with Crippen LogP contribution in [0.4, 0.5) is 5.82 Å². The molecule has 0 amide bonds. The SMILES string of the molecule is CCSc1ccc(C(O)Cc2ccnc(N)c2)cc1. The Kier molecular flexibility index (Phi) is 4.82. The Labute approximate surface area is 117 Å². The fraction of sp³-hybridized carbons (Fsp3) is 0.267. The molecule has 2 aromatic rings. The molecule has 0 aliphatic rings. The van der Waals surface area contributed by atoms with Gasteiger partial charge in [0.25, 0.3) is 0 Å². The van der Waals surface area contributed by atoms with Crippen LogP contribution < -0.4 is 5.73 Å².